The van der Waals surface area contributed by atoms with E-state index in [2.05, 4.69) is 0 Å². The van der Waals surface area contributed by atoms with Crippen molar-refractivity contribution in [2.75, 3.05) is 26.4 Å². The maximum atomic E-state index is 9.11. The van der Waals surface area contributed by atoms with Gasteiger partial charge in [-0.05, 0) is 5.56 Å². The van der Waals surface area contributed by atoms with E-state index >= 15 is 0 Å². The molecule has 0 bridgehead atoms. The van der Waals surface area contributed by atoms with E-state index in [-0.39, 0.29) is 25.4 Å². The van der Waals surface area contributed by atoms with E-state index in [0.717, 1.165) is 11.1 Å². The SMILES string of the molecule is OCC(CO)c1cccc(C2OCCO2)c1. The van der Waals surface area contributed by atoms with Gasteiger partial charge in [0.15, 0.2) is 6.29 Å². The zero-order valence-electron chi connectivity index (χ0n) is 9.00. The predicted molar refractivity (Wildman–Crippen MR) is 58.0 cm³/mol. The van der Waals surface area contributed by atoms with Crippen LogP contribution in [0.1, 0.15) is 23.3 Å². The van der Waals surface area contributed by atoms with Gasteiger partial charge in [-0.15, -0.1) is 0 Å². The second-order valence-corrected chi connectivity index (χ2v) is 3.81. The first kappa shape index (κ1) is 11.5. The number of hydrogen-bond donors (Lipinski definition) is 2. The molecule has 1 fully saturated rings. The highest BCUT2D eigenvalue weighted by Gasteiger charge is 2.19. The first-order valence-corrected chi connectivity index (χ1v) is 5.40. The molecule has 0 atom stereocenters. The van der Waals surface area contributed by atoms with Crippen LogP contribution in [0.15, 0.2) is 24.3 Å². The molecule has 0 spiro atoms. The quantitative estimate of drug-likeness (QED) is 0.794. The van der Waals surface area contributed by atoms with Gasteiger partial charge >= 0.3 is 0 Å². The topological polar surface area (TPSA) is 58.9 Å². The standard InChI is InChI=1S/C12H16O4/c13-7-11(8-14)9-2-1-3-10(6-9)12-15-4-5-16-12/h1-3,6,11-14H,4-5,7-8H2. The van der Waals surface area contributed by atoms with Crippen molar-refractivity contribution in [3.8, 4) is 0 Å². The van der Waals surface area contributed by atoms with Gasteiger partial charge in [-0.25, -0.2) is 0 Å². The van der Waals surface area contributed by atoms with Gasteiger partial charge in [0.2, 0.25) is 0 Å². The molecule has 1 aromatic carbocycles. The number of ether oxygens (including phenoxy) is 2. The summed E-state index contributed by atoms with van der Waals surface area (Å²) in [6.45, 7) is 1.09. The van der Waals surface area contributed by atoms with Crippen molar-refractivity contribution in [3.63, 3.8) is 0 Å². The molecule has 0 aliphatic carbocycles. The van der Waals surface area contributed by atoms with E-state index in [9.17, 15) is 0 Å². The largest absolute Gasteiger partial charge is 0.396 e. The van der Waals surface area contributed by atoms with Gasteiger partial charge in [0.05, 0.1) is 26.4 Å². The highest BCUT2D eigenvalue weighted by Crippen LogP contribution is 2.26. The highest BCUT2D eigenvalue weighted by atomic mass is 16.7. The smallest absolute Gasteiger partial charge is 0.184 e. The minimum atomic E-state index is -0.307. The van der Waals surface area contributed by atoms with Crippen LogP contribution < -0.4 is 0 Å². The van der Waals surface area contributed by atoms with E-state index in [1.165, 1.54) is 0 Å². The lowest BCUT2D eigenvalue weighted by atomic mass is 9.99. The highest BCUT2D eigenvalue weighted by molar-refractivity contribution is 5.27. The molecule has 1 aromatic rings. The van der Waals surface area contributed by atoms with Crippen molar-refractivity contribution in [3.05, 3.63) is 35.4 Å². The summed E-state index contributed by atoms with van der Waals surface area (Å²) in [7, 11) is 0. The Morgan fingerprint density at radius 3 is 2.50 bits per heavy atom. The average Bonchev–Trinajstić information content (AvgIpc) is 2.85. The Kier molecular flexibility index (Phi) is 3.90. The molecule has 4 nitrogen and oxygen atoms in total. The zero-order chi connectivity index (χ0) is 11.4. The van der Waals surface area contributed by atoms with Crippen molar-refractivity contribution in [1.82, 2.24) is 0 Å². The molecule has 0 aromatic heterocycles. The van der Waals surface area contributed by atoms with Gasteiger partial charge in [-0.2, -0.15) is 0 Å². The van der Waals surface area contributed by atoms with Crippen molar-refractivity contribution in [2.45, 2.75) is 12.2 Å². The molecule has 2 N–H and O–H groups in total. The lowest BCUT2D eigenvalue weighted by molar-refractivity contribution is -0.0442. The van der Waals surface area contributed by atoms with Crippen LogP contribution in [0.5, 0.6) is 0 Å². The van der Waals surface area contributed by atoms with Gasteiger partial charge in [0.25, 0.3) is 0 Å². The first-order chi connectivity index (χ1) is 7.85. The second-order valence-electron chi connectivity index (χ2n) is 3.81. The first-order valence-electron chi connectivity index (χ1n) is 5.40. The summed E-state index contributed by atoms with van der Waals surface area (Å²) in [5, 5.41) is 18.2. The van der Waals surface area contributed by atoms with Crippen LogP contribution in [0.25, 0.3) is 0 Å². The average molecular weight is 224 g/mol. The third-order valence-electron chi connectivity index (χ3n) is 2.72. The molecule has 1 heterocycles. The van der Waals surface area contributed by atoms with E-state index in [4.69, 9.17) is 19.7 Å². The van der Waals surface area contributed by atoms with Crippen LogP contribution in [0.4, 0.5) is 0 Å². The fourth-order valence-corrected chi connectivity index (χ4v) is 1.78. The number of benzene rings is 1. The van der Waals surface area contributed by atoms with Gasteiger partial charge < -0.3 is 19.7 Å². The van der Waals surface area contributed by atoms with E-state index in [1.807, 2.05) is 24.3 Å². The fraction of sp³-hybridized carbons (Fsp3) is 0.500. The Bertz CT molecular complexity index is 312. The number of hydrogen-bond acceptors (Lipinski definition) is 4. The summed E-state index contributed by atoms with van der Waals surface area (Å²) in [5.74, 6) is -0.235. The molecule has 2 rings (SSSR count). The zero-order valence-corrected chi connectivity index (χ0v) is 9.00. The van der Waals surface area contributed by atoms with Gasteiger partial charge in [-0.1, -0.05) is 24.3 Å². The Hall–Kier alpha value is -0.940. The van der Waals surface area contributed by atoms with Crippen LogP contribution in [0.3, 0.4) is 0 Å². The molecule has 16 heavy (non-hydrogen) atoms. The molecule has 0 radical (unpaired) electrons. The number of aliphatic hydroxyl groups is 2. The van der Waals surface area contributed by atoms with Crippen LogP contribution in [-0.2, 0) is 9.47 Å². The van der Waals surface area contributed by atoms with Crippen LogP contribution in [0, 0.1) is 0 Å². The molecule has 0 saturated carbocycles. The van der Waals surface area contributed by atoms with Crippen LogP contribution in [-0.4, -0.2) is 36.6 Å². The minimum Gasteiger partial charge on any atom is -0.396 e. The second kappa shape index (κ2) is 5.41. The monoisotopic (exact) mass is 224 g/mol. The Morgan fingerprint density at radius 1 is 1.19 bits per heavy atom. The molecule has 1 aliphatic rings. The molecule has 0 amide bonds. The summed E-state index contributed by atoms with van der Waals surface area (Å²) >= 11 is 0. The van der Waals surface area contributed by atoms with E-state index < -0.39 is 0 Å². The van der Waals surface area contributed by atoms with Gasteiger partial charge in [-0.3, -0.25) is 0 Å². The number of rotatable bonds is 4. The maximum Gasteiger partial charge on any atom is 0.184 e. The predicted octanol–water partition coefficient (Wildman–Crippen LogP) is 0.800. The molecule has 1 aliphatic heterocycles. The molecule has 4 heteroatoms. The summed E-state index contributed by atoms with van der Waals surface area (Å²) < 4.78 is 10.8. The van der Waals surface area contributed by atoms with Crippen molar-refractivity contribution < 1.29 is 19.7 Å². The molecule has 88 valence electrons. The third kappa shape index (κ3) is 2.41. The van der Waals surface area contributed by atoms with Crippen molar-refractivity contribution in [1.29, 1.82) is 0 Å². The summed E-state index contributed by atoms with van der Waals surface area (Å²) in [6.07, 6.45) is -0.307. The van der Waals surface area contributed by atoms with Crippen LogP contribution >= 0.6 is 0 Å². The van der Waals surface area contributed by atoms with Gasteiger partial charge in [0, 0.05) is 11.5 Å². The fourth-order valence-electron chi connectivity index (χ4n) is 1.78. The third-order valence-corrected chi connectivity index (χ3v) is 2.72. The summed E-state index contributed by atoms with van der Waals surface area (Å²) in [5.41, 5.74) is 1.84. The van der Waals surface area contributed by atoms with Gasteiger partial charge in [0.1, 0.15) is 0 Å². The van der Waals surface area contributed by atoms with Crippen LogP contribution in [0.2, 0.25) is 0 Å². The Morgan fingerprint density at radius 2 is 1.88 bits per heavy atom. The molecular formula is C12H16O4. The molecule has 1 saturated heterocycles. The molecular weight excluding hydrogens is 208 g/mol. The molecule has 0 unspecified atom stereocenters. The Balaban J connectivity index is 2.18. The van der Waals surface area contributed by atoms with Crippen molar-refractivity contribution in [2.24, 2.45) is 0 Å². The number of aliphatic hydroxyl groups excluding tert-OH is 2. The maximum absolute atomic E-state index is 9.11. The Labute approximate surface area is 94.4 Å². The summed E-state index contributed by atoms with van der Waals surface area (Å²) in [4.78, 5) is 0. The minimum absolute atomic E-state index is 0.0632. The summed E-state index contributed by atoms with van der Waals surface area (Å²) in [6, 6.07) is 7.60. The lowest BCUT2D eigenvalue weighted by Crippen LogP contribution is -2.09. The van der Waals surface area contributed by atoms with E-state index in [0.29, 0.717) is 13.2 Å². The van der Waals surface area contributed by atoms with Crippen molar-refractivity contribution >= 4 is 0 Å². The van der Waals surface area contributed by atoms with E-state index in [1.54, 1.807) is 0 Å². The lowest BCUT2D eigenvalue weighted by Gasteiger charge is -2.15. The normalized spacial score (nSPS) is 17.2.